The fraction of sp³-hybridized carbons (Fsp3) is 0.167. The zero-order chi connectivity index (χ0) is 19.4. The Morgan fingerprint density at radius 1 is 1.37 bits per heavy atom. The molecule has 140 valence electrons. The van der Waals surface area contributed by atoms with Crippen molar-refractivity contribution in [3.8, 4) is 17.1 Å². The molecule has 3 N–H and O–H groups in total. The molecule has 0 spiro atoms. The van der Waals surface area contributed by atoms with Gasteiger partial charge in [-0.2, -0.15) is 5.10 Å². The van der Waals surface area contributed by atoms with Gasteiger partial charge in [0.25, 0.3) is 5.91 Å². The minimum absolute atomic E-state index is 0.193. The van der Waals surface area contributed by atoms with Crippen molar-refractivity contribution in [1.29, 1.82) is 0 Å². The molecule has 0 atom stereocenters. The molecule has 7 nitrogen and oxygen atoms in total. The van der Waals surface area contributed by atoms with Crippen LogP contribution in [-0.4, -0.2) is 33.8 Å². The lowest BCUT2D eigenvalue weighted by Crippen LogP contribution is -2.14. The predicted octanol–water partition coefficient (Wildman–Crippen LogP) is 2.86. The average Bonchev–Trinajstić information content (AvgIpc) is 2.99. The van der Waals surface area contributed by atoms with E-state index in [1.807, 2.05) is 0 Å². The van der Waals surface area contributed by atoms with Crippen LogP contribution in [0.2, 0.25) is 5.02 Å². The molecule has 0 saturated heterocycles. The van der Waals surface area contributed by atoms with Crippen molar-refractivity contribution in [2.45, 2.75) is 0 Å². The first-order valence-corrected chi connectivity index (χ1v) is 8.45. The molecule has 1 aromatic carbocycles. The third-order valence-electron chi connectivity index (χ3n) is 3.70. The van der Waals surface area contributed by atoms with Gasteiger partial charge in [0.2, 0.25) is 5.88 Å². The minimum Gasteiger partial charge on any atom is -0.476 e. The van der Waals surface area contributed by atoms with Crippen molar-refractivity contribution in [3.05, 3.63) is 59.1 Å². The molecule has 0 aliphatic rings. The summed E-state index contributed by atoms with van der Waals surface area (Å²) in [6.45, 7) is 0.586. The van der Waals surface area contributed by atoms with Gasteiger partial charge in [-0.25, -0.2) is 9.37 Å². The summed E-state index contributed by atoms with van der Waals surface area (Å²) in [6.07, 6.45) is 2.94. The summed E-state index contributed by atoms with van der Waals surface area (Å²) >= 11 is 6.24. The van der Waals surface area contributed by atoms with E-state index in [9.17, 15) is 9.18 Å². The van der Waals surface area contributed by atoms with Crippen LogP contribution in [0.3, 0.4) is 0 Å². The number of pyridine rings is 1. The number of benzene rings is 1. The molecule has 3 aromatic rings. The third-order valence-corrected chi connectivity index (χ3v) is 3.98. The summed E-state index contributed by atoms with van der Waals surface area (Å²) in [5.41, 5.74) is 7.21. The number of hydrogen-bond acceptors (Lipinski definition) is 5. The number of aromatic nitrogens is 3. The quantitative estimate of drug-likeness (QED) is 0.676. The van der Waals surface area contributed by atoms with E-state index in [-0.39, 0.29) is 12.2 Å². The minimum atomic E-state index is -0.492. The monoisotopic (exact) mass is 389 g/mol. The number of ether oxygens (including phenoxy) is 1. The van der Waals surface area contributed by atoms with Gasteiger partial charge in [0.05, 0.1) is 34.4 Å². The molecule has 9 heteroatoms. The number of anilines is 1. The third kappa shape index (κ3) is 4.24. The molecule has 2 aromatic heterocycles. The zero-order valence-electron chi connectivity index (χ0n) is 14.4. The van der Waals surface area contributed by atoms with E-state index in [1.165, 1.54) is 30.6 Å². The number of hydrogen-bond donors (Lipinski definition) is 2. The maximum absolute atomic E-state index is 13.3. The molecule has 0 radical (unpaired) electrons. The SMILES string of the molecule is Cn1ncc(Cl)c1-c1cc(NC(=O)c2cccc(F)c2)cnc1OCCN. The van der Waals surface area contributed by atoms with Crippen molar-refractivity contribution in [2.75, 3.05) is 18.5 Å². The first kappa shape index (κ1) is 18.8. The van der Waals surface area contributed by atoms with E-state index >= 15 is 0 Å². The Hall–Kier alpha value is -2.97. The van der Waals surface area contributed by atoms with Crippen LogP contribution in [0.25, 0.3) is 11.3 Å². The Morgan fingerprint density at radius 3 is 2.85 bits per heavy atom. The lowest BCUT2D eigenvalue weighted by molar-refractivity contribution is 0.102. The number of carbonyl (C=O) groups excluding carboxylic acids is 1. The van der Waals surface area contributed by atoms with Crippen LogP contribution >= 0.6 is 11.6 Å². The van der Waals surface area contributed by atoms with Gasteiger partial charge in [-0.15, -0.1) is 0 Å². The number of carbonyl (C=O) groups is 1. The highest BCUT2D eigenvalue weighted by Crippen LogP contribution is 2.35. The van der Waals surface area contributed by atoms with Gasteiger partial charge in [-0.05, 0) is 24.3 Å². The Labute approximate surface area is 159 Å². The number of amides is 1. The van der Waals surface area contributed by atoms with Crippen LogP contribution in [0.4, 0.5) is 10.1 Å². The molecule has 3 rings (SSSR count). The first-order valence-electron chi connectivity index (χ1n) is 8.07. The molecule has 27 heavy (non-hydrogen) atoms. The average molecular weight is 390 g/mol. The number of nitrogens with two attached hydrogens (primary N) is 1. The van der Waals surface area contributed by atoms with Crippen LogP contribution in [0.5, 0.6) is 5.88 Å². The second kappa shape index (κ2) is 8.15. The fourth-order valence-corrected chi connectivity index (χ4v) is 2.78. The number of rotatable bonds is 6. The smallest absolute Gasteiger partial charge is 0.255 e. The maximum Gasteiger partial charge on any atom is 0.255 e. The van der Waals surface area contributed by atoms with Crippen molar-refractivity contribution in [2.24, 2.45) is 12.8 Å². The second-order valence-electron chi connectivity index (χ2n) is 5.64. The van der Waals surface area contributed by atoms with Crippen LogP contribution in [0.1, 0.15) is 10.4 Å². The Kier molecular flexibility index (Phi) is 5.68. The van der Waals surface area contributed by atoms with Gasteiger partial charge in [-0.1, -0.05) is 17.7 Å². The van der Waals surface area contributed by atoms with Gasteiger partial charge >= 0.3 is 0 Å². The van der Waals surface area contributed by atoms with Crippen LogP contribution in [0.15, 0.2) is 42.7 Å². The molecular formula is C18H17ClFN5O2. The highest BCUT2D eigenvalue weighted by molar-refractivity contribution is 6.33. The molecule has 0 aliphatic carbocycles. The summed E-state index contributed by atoms with van der Waals surface area (Å²) in [6, 6.07) is 7.07. The van der Waals surface area contributed by atoms with Gasteiger partial charge in [-0.3, -0.25) is 9.48 Å². The lowest BCUT2D eigenvalue weighted by atomic mass is 10.1. The maximum atomic E-state index is 13.3. The van der Waals surface area contributed by atoms with Crippen LogP contribution < -0.4 is 15.8 Å². The standard InChI is InChI=1S/C18H17ClFN5O2/c1-25-16(15(19)10-23-25)14-8-13(9-22-18(14)27-6-5-21)24-17(26)11-3-2-4-12(20)7-11/h2-4,7-10H,5-6,21H2,1H3,(H,24,26). The summed E-state index contributed by atoms with van der Waals surface area (Å²) in [4.78, 5) is 16.6. The van der Waals surface area contributed by atoms with Gasteiger partial charge < -0.3 is 15.8 Å². The van der Waals surface area contributed by atoms with Crippen molar-refractivity contribution in [3.63, 3.8) is 0 Å². The Morgan fingerprint density at radius 2 is 2.19 bits per heavy atom. The van der Waals surface area contributed by atoms with E-state index in [0.29, 0.717) is 34.4 Å². The second-order valence-corrected chi connectivity index (χ2v) is 6.05. The molecule has 1 amide bonds. The Balaban J connectivity index is 1.95. The van der Waals surface area contributed by atoms with E-state index in [2.05, 4.69) is 15.4 Å². The van der Waals surface area contributed by atoms with Crippen molar-refractivity contribution in [1.82, 2.24) is 14.8 Å². The number of nitrogens with zero attached hydrogens (tertiary/aromatic N) is 3. The highest BCUT2D eigenvalue weighted by atomic mass is 35.5. The predicted molar refractivity (Wildman–Crippen MR) is 100 cm³/mol. The number of nitrogens with one attached hydrogen (secondary N) is 1. The van der Waals surface area contributed by atoms with Gasteiger partial charge in [0.1, 0.15) is 12.4 Å². The molecule has 0 unspecified atom stereocenters. The largest absolute Gasteiger partial charge is 0.476 e. The number of aryl methyl sites for hydroxylation is 1. The fourth-order valence-electron chi connectivity index (χ4n) is 2.51. The Bertz CT molecular complexity index is 957. The van der Waals surface area contributed by atoms with Crippen molar-refractivity contribution >= 4 is 23.2 Å². The summed E-state index contributed by atoms with van der Waals surface area (Å²) < 4.78 is 20.5. The first-order chi connectivity index (χ1) is 13.0. The molecule has 0 aliphatic heterocycles. The lowest BCUT2D eigenvalue weighted by Gasteiger charge is -2.13. The molecule has 0 saturated carbocycles. The van der Waals surface area contributed by atoms with E-state index < -0.39 is 11.7 Å². The van der Waals surface area contributed by atoms with E-state index in [0.717, 1.165) is 6.07 Å². The molecule has 2 heterocycles. The number of halogens is 2. The molecular weight excluding hydrogens is 373 g/mol. The zero-order valence-corrected chi connectivity index (χ0v) is 15.2. The van der Waals surface area contributed by atoms with Gasteiger partial charge in [0.15, 0.2) is 0 Å². The summed E-state index contributed by atoms with van der Waals surface area (Å²) in [7, 11) is 1.73. The van der Waals surface area contributed by atoms with E-state index in [1.54, 1.807) is 17.8 Å². The summed E-state index contributed by atoms with van der Waals surface area (Å²) in [5.74, 6) is -0.641. The van der Waals surface area contributed by atoms with Crippen molar-refractivity contribution < 1.29 is 13.9 Å². The normalized spacial score (nSPS) is 10.7. The molecule has 0 bridgehead atoms. The molecule has 0 fully saturated rings. The van der Waals surface area contributed by atoms with Gasteiger partial charge in [0, 0.05) is 19.2 Å². The van der Waals surface area contributed by atoms with Crippen LogP contribution in [-0.2, 0) is 7.05 Å². The van der Waals surface area contributed by atoms with Crippen LogP contribution in [0, 0.1) is 5.82 Å². The summed E-state index contributed by atoms with van der Waals surface area (Å²) in [5, 5.41) is 7.21. The van der Waals surface area contributed by atoms with E-state index in [4.69, 9.17) is 22.1 Å². The highest BCUT2D eigenvalue weighted by Gasteiger charge is 2.18. The topological polar surface area (TPSA) is 95.1 Å².